The van der Waals surface area contributed by atoms with E-state index in [2.05, 4.69) is 0 Å². The van der Waals surface area contributed by atoms with Crippen molar-refractivity contribution in [2.45, 2.75) is 44.6 Å². The topological polar surface area (TPSA) is 182 Å². The largest absolute Gasteiger partial charge is 0.508 e. The highest BCUT2D eigenvalue weighted by atomic mass is 16.7. The van der Waals surface area contributed by atoms with Gasteiger partial charge in [-0.1, -0.05) is 0 Å². The van der Waals surface area contributed by atoms with E-state index in [0.29, 0.717) is 5.56 Å². The maximum Gasteiger partial charge on any atom is 0.303 e. The Morgan fingerprint density at radius 1 is 0.973 bits per heavy atom. The van der Waals surface area contributed by atoms with E-state index in [4.69, 9.17) is 23.4 Å². The second-order valence-corrected chi connectivity index (χ2v) is 8.32. The van der Waals surface area contributed by atoms with E-state index in [9.17, 15) is 34.8 Å². The molecule has 0 saturated carbocycles. The Bertz CT molecular complexity index is 1360. The van der Waals surface area contributed by atoms with E-state index in [1.165, 1.54) is 36.4 Å². The lowest BCUT2D eigenvalue weighted by molar-refractivity contribution is -0.284. The molecule has 12 nitrogen and oxygen atoms in total. The molecule has 1 fully saturated rings. The summed E-state index contributed by atoms with van der Waals surface area (Å²) in [6.07, 6.45) is -7.21. The number of rotatable bonds is 6. The zero-order valence-electron chi connectivity index (χ0n) is 19.7. The number of hydrogen-bond donors (Lipinski definition) is 4. The van der Waals surface area contributed by atoms with Crippen molar-refractivity contribution in [3.05, 3.63) is 52.7 Å². The van der Waals surface area contributed by atoms with E-state index in [1.54, 1.807) is 0 Å². The van der Waals surface area contributed by atoms with E-state index in [-0.39, 0.29) is 28.2 Å². The summed E-state index contributed by atoms with van der Waals surface area (Å²) in [4.78, 5) is 35.8. The predicted octanol–water partition coefficient (Wildman–Crippen LogP) is 1.19. The molecule has 37 heavy (non-hydrogen) atoms. The van der Waals surface area contributed by atoms with Gasteiger partial charge in [0.1, 0.15) is 40.1 Å². The molecular weight excluding hydrogens is 492 g/mol. The summed E-state index contributed by atoms with van der Waals surface area (Å²) in [7, 11) is 0. The number of carbonyl (C=O) groups is 2. The van der Waals surface area contributed by atoms with Crippen molar-refractivity contribution >= 4 is 22.9 Å². The van der Waals surface area contributed by atoms with Gasteiger partial charge >= 0.3 is 11.9 Å². The monoisotopic (exact) mass is 516 g/mol. The van der Waals surface area contributed by atoms with Crippen LogP contribution >= 0.6 is 0 Å². The Hall–Kier alpha value is -4.13. The minimum atomic E-state index is -1.68. The van der Waals surface area contributed by atoms with Gasteiger partial charge in [0.15, 0.2) is 23.7 Å². The highest BCUT2D eigenvalue weighted by Gasteiger charge is 2.50. The zero-order valence-corrected chi connectivity index (χ0v) is 19.7. The van der Waals surface area contributed by atoms with Gasteiger partial charge in [0.25, 0.3) is 0 Å². The fraction of sp³-hybridized carbons (Fsp3) is 0.320. The van der Waals surface area contributed by atoms with Crippen LogP contribution in [0.3, 0.4) is 0 Å². The number of aliphatic hydroxyl groups excluding tert-OH is 2. The third-order valence-corrected chi connectivity index (χ3v) is 5.59. The second kappa shape index (κ2) is 10.5. The highest BCUT2D eigenvalue weighted by Crippen LogP contribution is 2.34. The van der Waals surface area contributed by atoms with Gasteiger partial charge < -0.3 is 43.8 Å². The number of fused-ring (bicyclic) bond motifs is 1. The van der Waals surface area contributed by atoms with Crippen LogP contribution < -0.4 is 10.2 Å². The molecule has 2 unspecified atom stereocenters. The van der Waals surface area contributed by atoms with Crippen molar-refractivity contribution in [2.75, 3.05) is 6.61 Å². The molecule has 1 aliphatic rings. The maximum atomic E-state index is 12.7. The summed E-state index contributed by atoms with van der Waals surface area (Å²) in [5, 5.41) is 40.5. The molecule has 4 N–H and O–H groups in total. The van der Waals surface area contributed by atoms with Gasteiger partial charge in [-0.05, 0) is 24.3 Å². The molecule has 2 heterocycles. The molecule has 0 radical (unpaired) electrons. The third kappa shape index (κ3) is 5.50. The van der Waals surface area contributed by atoms with Crippen molar-refractivity contribution in [3.8, 4) is 28.6 Å². The van der Waals surface area contributed by atoms with Crippen LogP contribution in [-0.4, -0.2) is 69.7 Å². The Balaban J connectivity index is 1.69. The van der Waals surface area contributed by atoms with Gasteiger partial charge in [-0.25, -0.2) is 0 Å². The third-order valence-electron chi connectivity index (χ3n) is 5.59. The van der Waals surface area contributed by atoms with Crippen LogP contribution in [0.2, 0.25) is 0 Å². The molecule has 1 aromatic heterocycles. The van der Waals surface area contributed by atoms with E-state index in [1.807, 2.05) is 0 Å². The van der Waals surface area contributed by atoms with Crippen molar-refractivity contribution in [1.82, 2.24) is 0 Å². The molecular formula is C25H24O12. The molecule has 0 amide bonds. The number of carbonyl (C=O) groups excluding carboxylic acids is 2. The molecule has 12 heteroatoms. The van der Waals surface area contributed by atoms with Crippen molar-refractivity contribution in [2.24, 2.45) is 0 Å². The lowest BCUT2D eigenvalue weighted by Crippen LogP contribution is -2.62. The molecule has 0 bridgehead atoms. The normalized spacial score (nSPS) is 23.4. The van der Waals surface area contributed by atoms with Crippen molar-refractivity contribution < 1.29 is 53.4 Å². The number of phenolic OH excluding ortho intramolecular Hbond substituents is 2. The summed E-state index contributed by atoms with van der Waals surface area (Å²) < 4.78 is 27.3. The molecule has 196 valence electrons. The van der Waals surface area contributed by atoms with Crippen LogP contribution in [-0.2, 0) is 23.8 Å². The smallest absolute Gasteiger partial charge is 0.303 e. The number of phenols is 2. The zero-order chi connectivity index (χ0) is 26.9. The summed E-state index contributed by atoms with van der Waals surface area (Å²) in [5.41, 5.74) is -0.106. The molecule has 1 saturated heterocycles. The average molecular weight is 516 g/mol. The quantitative estimate of drug-likeness (QED) is 0.344. The summed E-state index contributed by atoms with van der Waals surface area (Å²) >= 11 is 0. The first-order valence-electron chi connectivity index (χ1n) is 11.1. The molecule has 4 rings (SSSR count). The summed E-state index contributed by atoms with van der Waals surface area (Å²) in [5.74, 6) is -1.93. The van der Waals surface area contributed by atoms with Crippen molar-refractivity contribution in [3.63, 3.8) is 0 Å². The molecule has 0 spiro atoms. The van der Waals surface area contributed by atoms with Crippen LogP contribution in [0.1, 0.15) is 13.8 Å². The van der Waals surface area contributed by atoms with Gasteiger partial charge in [0.2, 0.25) is 6.29 Å². The number of aromatic hydroxyl groups is 2. The average Bonchev–Trinajstić information content (AvgIpc) is 2.82. The molecule has 3 aromatic rings. The number of esters is 2. The number of benzene rings is 2. The van der Waals surface area contributed by atoms with Gasteiger partial charge in [0.05, 0.1) is 6.61 Å². The first-order chi connectivity index (χ1) is 17.6. The number of ether oxygens (including phenoxy) is 4. The van der Waals surface area contributed by atoms with Gasteiger partial charge in [-0.2, -0.15) is 0 Å². The van der Waals surface area contributed by atoms with Gasteiger partial charge in [0, 0.05) is 37.6 Å². The van der Waals surface area contributed by atoms with E-state index in [0.717, 1.165) is 19.9 Å². The van der Waals surface area contributed by atoms with E-state index >= 15 is 0 Å². The standard InChI is InChI=1S/C25H24O12/c1-11(27)33-23-20(10-26)37-25(22(32)24(23)34-12(2)28)35-15-7-16(30)21-17(31)9-18(36-19(21)8-15)13-3-5-14(29)6-4-13/h3-9,20,22-26,29-30,32H,10H2,1-2H3/t20?,22?,23-,24-,25-/m1/s1. The maximum absolute atomic E-state index is 12.7. The van der Waals surface area contributed by atoms with Crippen LogP contribution in [0.4, 0.5) is 0 Å². The first kappa shape index (κ1) is 25.9. The lowest BCUT2D eigenvalue weighted by Gasteiger charge is -2.42. The Labute approximate surface area is 209 Å². The first-order valence-corrected chi connectivity index (χ1v) is 11.1. The number of aliphatic hydroxyl groups is 2. The predicted molar refractivity (Wildman–Crippen MR) is 125 cm³/mol. The summed E-state index contributed by atoms with van der Waals surface area (Å²) in [6.45, 7) is 1.52. The molecule has 0 aliphatic carbocycles. The van der Waals surface area contributed by atoms with Crippen LogP contribution in [0.15, 0.2) is 51.7 Å². The molecule has 2 aromatic carbocycles. The minimum absolute atomic E-state index is 0.0236. The fourth-order valence-corrected chi connectivity index (χ4v) is 4.01. The van der Waals surface area contributed by atoms with Gasteiger partial charge in [-0.15, -0.1) is 0 Å². The van der Waals surface area contributed by atoms with Crippen LogP contribution in [0.5, 0.6) is 17.2 Å². The van der Waals surface area contributed by atoms with Crippen LogP contribution in [0.25, 0.3) is 22.3 Å². The van der Waals surface area contributed by atoms with Crippen molar-refractivity contribution in [1.29, 1.82) is 0 Å². The second-order valence-electron chi connectivity index (χ2n) is 8.32. The lowest BCUT2D eigenvalue weighted by atomic mass is 9.98. The minimum Gasteiger partial charge on any atom is -0.508 e. The Morgan fingerprint density at radius 2 is 1.62 bits per heavy atom. The fourth-order valence-electron chi connectivity index (χ4n) is 4.01. The van der Waals surface area contributed by atoms with Gasteiger partial charge in [-0.3, -0.25) is 14.4 Å². The Morgan fingerprint density at radius 3 is 2.24 bits per heavy atom. The van der Waals surface area contributed by atoms with Crippen LogP contribution in [0, 0.1) is 0 Å². The Kier molecular flexibility index (Phi) is 7.34. The molecule has 5 atom stereocenters. The SMILES string of the molecule is CC(=O)O[C@@H]1C(CO)O[C@@H](Oc2cc(O)c3c(=O)cc(-c4ccc(O)cc4)oc3c2)C(O)[C@H]1OC(C)=O. The van der Waals surface area contributed by atoms with E-state index < -0.39 is 60.4 Å². The molecule has 1 aliphatic heterocycles. The number of hydrogen-bond acceptors (Lipinski definition) is 12. The summed E-state index contributed by atoms with van der Waals surface area (Å²) in [6, 6.07) is 9.47. The highest BCUT2D eigenvalue weighted by molar-refractivity contribution is 5.86.